The van der Waals surface area contributed by atoms with Gasteiger partial charge in [-0.25, -0.2) is 12.8 Å². The summed E-state index contributed by atoms with van der Waals surface area (Å²) >= 11 is 0. The number of sulfonamides is 1. The maximum atomic E-state index is 13.2. The van der Waals surface area contributed by atoms with E-state index in [-0.39, 0.29) is 48.4 Å². The van der Waals surface area contributed by atoms with Crippen LogP contribution in [0.4, 0.5) is 4.39 Å². The van der Waals surface area contributed by atoms with Crippen LogP contribution in [0.3, 0.4) is 0 Å². The second-order valence-electron chi connectivity index (χ2n) is 8.69. The fraction of sp³-hybridized carbons (Fsp3) is 0.650. The second kappa shape index (κ2) is 6.36. The summed E-state index contributed by atoms with van der Waals surface area (Å²) in [5.74, 6) is -0.0539. The molecule has 1 aromatic rings. The van der Waals surface area contributed by atoms with Crippen LogP contribution in [-0.4, -0.2) is 44.0 Å². The number of benzene rings is 1. The average Bonchev–Trinajstić information content (AvgIpc) is 2.96. The molecular formula is C20H26FNO4S. The molecule has 5 nitrogen and oxygen atoms in total. The van der Waals surface area contributed by atoms with Crippen LogP contribution in [-0.2, 0) is 19.6 Å². The highest BCUT2D eigenvalue weighted by atomic mass is 32.2. The topological polar surface area (TPSA) is 63.7 Å². The molecule has 2 bridgehead atoms. The molecule has 0 radical (unpaired) electrons. The van der Waals surface area contributed by atoms with Crippen LogP contribution in [0.1, 0.15) is 44.8 Å². The van der Waals surface area contributed by atoms with E-state index in [0.717, 1.165) is 12.0 Å². The van der Waals surface area contributed by atoms with Gasteiger partial charge in [0.15, 0.2) is 0 Å². The molecule has 3 fully saturated rings. The minimum atomic E-state index is -3.61. The summed E-state index contributed by atoms with van der Waals surface area (Å²) in [7, 11) is -3.61. The number of fused-ring (bicyclic) bond motifs is 2. The fourth-order valence-corrected chi connectivity index (χ4v) is 7.47. The van der Waals surface area contributed by atoms with Gasteiger partial charge in [-0.2, -0.15) is 4.31 Å². The van der Waals surface area contributed by atoms with Crippen molar-refractivity contribution in [3.05, 3.63) is 35.6 Å². The first kappa shape index (κ1) is 19.0. The molecule has 0 N–H and O–H groups in total. The Morgan fingerprint density at radius 3 is 2.56 bits per heavy atom. The summed E-state index contributed by atoms with van der Waals surface area (Å²) in [6.45, 7) is 4.86. The van der Waals surface area contributed by atoms with Crippen LogP contribution < -0.4 is 0 Å². The third kappa shape index (κ3) is 2.95. The number of rotatable bonds is 4. The predicted octanol–water partition coefficient (Wildman–Crippen LogP) is 2.92. The van der Waals surface area contributed by atoms with Crippen molar-refractivity contribution in [2.75, 3.05) is 25.4 Å². The molecule has 2 aliphatic carbocycles. The molecule has 27 heavy (non-hydrogen) atoms. The van der Waals surface area contributed by atoms with Crippen molar-refractivity contribution in [2.45, 2.75) is 39.2 Å². The molecule has 1 aromatic carbocycles. The quantitative estimate of drug-likeness (QED) is 0.786. The Morgan fingerprint density at radius 2 is 1.96 bits per heavy atom. The summed E-state index contributed by atoms with van der Waals surface area (Å²) < 4.78 is 46.8. The fourth-order valence-electron chi connectivity index (χ4n) is 5.27. The Hall–Kier alpha value is -1.31. The number of morpholine rings is 1. The predicted molar refractivity (Wildman–Crippen MR) is 99.0 cm³/mol. The third-order valence-corrected chi connectivity index (χ3v) is 9.21. The van der Waals surface area contributed by atoms with E-state index in [1.165, 1.54) is 16.4 Å². The van der Waals surface area contributed by atoms with E-state index in [9.17, 15) is 17.6 Å². The van der Waals surface area contributed by atoms with E-state index in [1.54, 1.807) is 12.1 Å². The zero-order chi connectivity index (χ0) is 19.4. The zero-order valence-electron chi connectivity index (χ0n) is 15.8. The number of Topliss-reactive ketones (excluding diaryl/α,β-unsaturated/α-hetero) is 1. The molecule has 3 aliphatic rings. The first-order valence-corrected chi connectivity index (χ1v) is 11.1. The lowest BCUT2D eigenvalue weighted by molar-refractivity contribution is -0.128. The van der Waals surface area contributed by atoms with Gasteiger partial charge in [-0.05, 0) is 41.9 Å². The normalized spacial score (nSPS) is 33.5. The maximum Gasteiger partial charge on any atom is 0.215 e. The van der Waals surface area contributed by atoms with Gasteiger partial charge in [0, 0.05) is 24.9 Å². The largest absolute Gasteiger partial charge is 0.371 e. The molecule has 0 spiro atoms. The molecule has 1 heterocycles. The lowest BCUT2D eigenvalue weighted by atomic mass is 9.70. The Kier molecular flexibility index (Phi) is 4.48. The highest BCUT2D eigenvalue weighted by molar-refractivity contribution is 7.89. The molecule has 3 unspecified atom stereocenters. The summed E-state index contributed by atoms with van der Waals surface area (Å²) in [6.07, 6.45) is 1.67. The van der Waals surface area contributed by atoms with Crippen LogP contribution in [0.5, 0.6) is 0 Å². The van der Waals surface area contributed by atoms with E-state index in [0.29, 0.717) is 12.8 Å². The summed E-state index contributed by atoms with van der Waals surface area (Å²) in [5, 5.41) is 0. The van der Waals surface area contributed by atoms with Crippen LogP contribution in [0.2, 0.25) is 0 Å². The lowest BCUT2D eigenvalue weighted by Crippen LogP contribution is -2.49. The SMILES string of the molecule is CC1(C)C2CCC1(CS(=O)(=O)N1CCOC(c3ccc(F)cc3)C1)C(=O)C2. The number of hydrogen-bond donors (Lipinski definition) is 0. The van der Waals surface area contributed by atoms with Crippen molar-refractivity contribution in [1.29, 1.82) is 0 Å². The van der Waals surface area contributed by atoms with E-state index in [1.807, 2.05) is 13.8 Å². The van der Waals surface area contributed by atoms with Gasteiger partial charge in [0.2, 0.25) is 10.0 Å². The molecule has 0 aromatic heterocycles. The number of carbonyl (C=O) groups is 1. The van der Waals surface area contributed by atoms with Crippen LogP contribution >= 0.6 is 0 Å². The number of carbonyl (C=O) groups excluding carboxylic acids is 1. The first-order valence-electron chi connectivity index (χ1n) is 9.54. The van der Waals surface area contributed by atoms with Crippen molar-refractivity contribution in [3.63, 3.8) is 0 Å². The van der Waals surface area contributed by atoms with Gasteiger partial charge in [-0.1, -0.05) is 26.0 Å². The average molecular weight is 395 g/mol. The molecular weight excluding hydrogens is 369 g/mol. The highest BCUT2D eigenvalue weighted by Crippen LogP contribution is 2.64. The number of hydrogen-bond acceptors (Lipinski definition) is 4. The van der Waals surface area contributed by atoms with E-state index in [2.05, 4.69) is 0 Å². The number of halogens is 1. The molecule has 7 heteroatoms. The second-order valence-corrected chi connectivity index (χ2v) is 10.7. The van der Waals surface area contributed by atoms with E-state index < -0.39 is 21.5 Å². The number of ketones is 1. The molecule has 4 rings (SSSR count). The third-order valence-electron chi connectivity index (χ3n) is 7.23. The number of nitrogens with zero attached hydrogens (tertiary/aromatic N) is 1. The van der Waals surface area contributed by atoms with Crippen molar-refractivity contribution in [3.8, 4) is 0 Å². The van der Waals surface area contributed by atoms with Gasteiger partial charge in [0.1, 0.15) is 11.6 Å². The highest BCUT2D eigenvalue weighted by Gasteiger charge is 2.65. The summed E-state index contributed by atoms with van der Waals surface area (Å²) in [4.78, 5) is 12.7. The van der Waals surface area contributed by atoms with Crippen LogP contribution in [0, 0.1) is 22.6 Å². The summed E-state index contributed by atoms with van der Waals surface area (Å²) in [5.41, 5.74) is -0.285. The molecule has 1 saturated heterocycles. The Bertz CT molecular complexity index is 851. The monoisotopic (exact) mass is 395 g/mol. The van der Waals surface area contributed by atoms with Crippen molar-refractivity contribution in [1.82, 2.24) is 4.31 Å². The van der Waals surface area contributed by atoms with Gasteiger partial charge < -0.3 is 4.74 Å². The van der Waals surface area contributed by atoms with Crippen molar-refractivity contribution < 1.29 is 22.3 Å². The van der Waals surface area contributed by atoms with E-state index in [4.69, 9.17) is 4.74 Å². The minimum Gasteiger partial charge on any atom is -0.371 e. The molecule has 0 amide bonds. The van der Waals surface area contributed by atoms with Gasteiger partial charge in [0.25, 0.3) is 0 Å². The van der Waals surface area contributed by atoms with Gasteiger partial charge in [-0.3, -0.25) is 4.79 Å². The van der Waals surface area contributed by atoms with Gasteiger partial charge in [0.05, 0.1) is 18.5 Å². The summed E-state index contributed by atoms with van der Waals surface area (Å²) in [6, 6.07) is 5.95. The van der Waals surface area contributed by atoms with Gasteiger partial charge in [-0.15, -0.1) is 0 Å². The van der Waals surface area contributed by atoms with E-state index >= 15 is 0 Å². The lowest BCUT2D eigenvalue weighted by Gasteiger charge is -2.39. The Balaban J connectivity index is 1.55. The van der Waals surface area contributed by atoms with Gasteiger partial charge >= 0.3 is 0 Å². The standard InChI is InChI=1S/C20H26FNO4S/c1-19(2)15-7-8-20(19,18(23)11-15)13-27(24,25)22-9-10-26-17(12-22)14-3-5-16(21)6-4-14/h3-6,15,17H,7-13H2,1-2H3. The van der Waals surface area contributed by atoms with Crippen LogP contribution in [0.25, 0.3) is 0 Å². The Morgan fingerprint density at radius 1 is 1.26 bits per heavy atom. The molecule has 2 saturated carbocycles. The zero-order valence-corrected chi connectivity index (χ0v) is 16.6. The first-order chi connectivity index (χ1) is 12.7. The van der Waals surface area contributed by atoms with Crippen molar-refractivity contribution >= 4 is 15.8 Å². The maximum absolute atomic E-state index is 13.2. The minimum absolute atomic E-state index is 0.107. The molecule has 148 valence electrons. The Labute approximate surface area is 159 Å². The number of ether oxygens (including phenoxy) is 1. The van der Waals surface area contributed by atoms with Crippen LogP contribution in [0.15, 0.2) is 24.3 Å². The molecule has 1 aliphatic heterocycles. The van der Waals surface area contributed by atoms with Crippen molar-refractivity contribution in [2.24, 2.45) is 16.7 Å². The smallest absolute Gasteiger partial charge is 0.215 e. The molecule has 3 atom stereocenters.